The molecule has 7 heteroatoms. The van der Waals surface area contributed by atoms with E-state index in [-0.39, 0.29) is 20.5 Å². The van der Waals surface area contributed by atoms with Crippen LogP contribution in [0.25, 0.3) is 0 Å². The van der Waals surface area contributed by atoms with Crippen molar-refractivity contribution in [1.82, 2.24) is 4.98 Å². The van der Waals surface area contributed by atoms with Crippen molar-refractivity contribution in [3.05, 3.63) is 21.4 Å². The maximum absolute atomic E-state index is 8.87. The van der Waals surface area contributed by atoms with Crippen molar-refractivity contribution in [1.29, 1.82) is 0 Å². The Morgan fingerprint density at radius 1 is 1.25 bits per heavy atom. The Bertz CT molecular complexity index is 307. The SMILES string of the molecule is OP(O)c1c(Cl)cnc(Cl)c1Cl. The standard InChI is InChI=1S/C5H3Cl3NO2P/c6-2-1-9-5(8)3(7)4(2)12(10)11/h1,10-11H. The number of rotatable bonds is 1. The van der Waals surface area contributed by atoms with E-state index in [2.05, 4.69) is 4.98 Å². The third-order valence-corrected chi connectivity index (χ3v) is 3.27. The van der Waals surface area contributed by atoms with Crippen LogP contribution in [0.15, 0.2) is 6.20 Å². The Morgan fingerprint density at radius 3 is 2.25 bits per heavy atom. The van der Waals surface area contributed by atoms with E-state index in [4.69, 9.17) is 44.6 Å². The molecule has 2 N–H and O–H groups in total. The summed E-state index contributed by atoms with van der Waals surface area (Å²) in [6.07, 6.45) is 1.22. The lowest BCUT2D eigenvalue weighted by Crippen LogP contribution is -2.05. The highest BCUT2D eigenvalue weighted by atomic mass is 35.5. The van der Waals surface area contributed by atoms with Crippen molar-refractivity contribution in [2.75, 3.05) is 0 Å². The monoisotopic (exact) mass is 245 g/mol. The topological polar surface area (TPSA) is 53.4 Å². The zero-order chi connectivity index (χ0) is 9.30. The van der Waals surface area contributed by atoms with Gasteiger partial charge in [-0.3, -0.25) is 0 Å². The molecule has 1 heterocycles. The quantitative estimate of drug-likeness (QED) is 0.588. The first-order chi connectivity index (χ1) is 5.54. The second kappa shape index (κ2) is 4.05. The van der Waals surface area contributed by atoms with E-state index >= 15 is 0 Å². The molecule has 66 valence electrons. The van der Waals surface area contributed by atoms with Crippen LogP contribution in [0.1, 0.15) is 0 Å². The normalized spacial score (nSPS) is 10.8. The molecule has 0 bridgehead atoms. The van der Waals surface area contributed by atoms with Crippen LogP contribution in [0.2, 0.25) is 15.2 Å². The smallest absolute Gasteiger partial charge is 0.202 e. The van der Waals surface area contributed by atoms with Crippen LogP contribution in [0.5, 0.6) is 0 Å². The molecule has 0 aromatic carbocycles. The fourth-order valence-electron chi connectivity index (χ4n) is 0.617. The van der Waals surface area contributed by atoms with Gasteiger partial charge in [0.1, 0.15) is 5.15 Å². The van der Waals surface area contributed by atoms with Gasteiger partial charge in [-0.2, -0.15) is 0 Å². The Balaban J connectivity index is 3.33. The lowest BCUT2D eigenvalue weighted by atomic mass is 10.5. The molecule has 12 heavy (non-hydrogen) atoms. The minimum absolute atomic E-state index is 0.00617. The van der Waals surface area contributed by atoms with Gasteiger partial charge in [-0.1, -0.05) is 34.8 Å². The molecule has 1 aromatic rings. The van der Waals surface area contributed by atoms with Gasteiger partial charge in [0.2, 0.25) is 8.38 Å². The summed E-state index contributed by atoms with van der Waals surface area (Å²) in [5, 5.41) is 0.126. The summed E-state index contributed by atoms with van der Waals surface area (Å²) in [7, 11) is -2.34. The van der Waals surface area contributed by atoms with E-state index < -0.39 is 8.38 Å². The highest BCUT2D eigenvalue weighted by Gasteiger charge is 2.17. The van der Waals surface area contributed by atoms with Gasteiger partial charge in [0.25, 0.3) is 0 Å². The highest BCUT2D eigenvalue weighted by molar-refractivity contribution is 7.54. The second-order valence-electron chi connectivity index (χ2n) is 1.85. The van der Waals surface area contributed by atoms with E-state index in [1.807, 2.05) is 0 Å². The van der Waals surface area contributed by atoms with E-state index in [1.165, 1.54) is 6.20 Å². The number of nitrogens with zero attached hydrogens (tertiary/aromatic N) is 1. The van der Waals surface area contributed by atoms with Crippen molar-refractivity contribution < 1.29 is 9.79 Å². The highest BCUT2D eigenvalue weighted by Crippen LogP contribution is 2.33. The second-order valence-corrected chi connectivity index (χ2v) is 4.02. The Kier molecular flexibility index (Phi) is 3.53. The van der Waals surface area contributed by atoms with Crippen molar-refractivity contribution in [3.63, 3.8) is 0 Å². The molecule has 0 saturated heterocycles. The van der Waals surface area contributed by atoms with E-state index in [0.717, 1.165) is 0 Å². The van der Waals surface area contributed by atoms with Gasteiger partial charge in [-0.05, 0) is 0 Å². The average molecular weight is 246 g/mol. The molecule has 0 saturated carbocycles. The van der Waals surface area contributed by atoms with Crippen molar-refractivity contribution in [2.45, 2.75) is 0 Å². The summed E-state index contributed by atoms with van der Waals surface area (Å²) in [5.74, 6) is 0. The fourth-order valence-corrected chi connectivity index (χ4v) is 2.15. The minimum Gasteiger partial charge on any atom is -0.346 e. The summed E-state index contributed by atoms with van der Waals surface area (Å²) in [6, 6.07) is 0. The molecular formula is C5H3Cl3NO2P. The van der Waals surface area contributed by atoms with Gasteiger partial charge >= 0.3 is 0 Å². The molecule has 1 rings (SSSR count). The summed E-state index contributed by atoms with van der Waals surface area (Å²) < 4.78 is 0. The fraction of sp³-hybridized carbons (Fsp3) is 0. The molecule has 0 spiro atoms. The average Bonchev–Trinajstić information content (AvgIpc) is 1.97. The molecule has 0 aliphatic carbocycles. The summed E-state index contributed by atoms with van der Waals surface area (Å²) in [4.78, 5) is 21.4. The van der Waals surface area contributed by atoms with Crippen molar-refractivity contribution in [2.24, 2.45) is 0 Å². The number of hydrogen-bond acceptors (Lipinski definition) is 3. The zero-order valence-electron chi connectivity index (χ0n) is 5.50. The molecule has 1 aromatic heterocycles. The first kappa shape index (κ1) is 10.5. The van der Waals surface area contributed by atoms with Gasteiger partial charge in [0.05, 0.1) is 15.3 Å². The molecule has 0 amide bonds. The summed E-state index contributed by atoms with van der Waals surface area (Å²) >= 11 is 16.7. The van der Waals surface area contributed by atoms with Gasteiger partial charge in [0, 0.05) is 6.20 Å². The number of pyridine rings is 1. The zero-order valence-corrected chi connectivity index (χ0v) is 8.66. The van der Waals surface area contributed by atoms with Crippen LogP contribution in [-0.2, 0) is 0 Å². The summed E-state index contributed by atoms with van der Waals surface area (Å²) in [5.41, 5.74) is 0. The van der Waals surface area contributed by atoms with Crippen LogP contribution in [0.4, 0.5) is 0 Å². The minimum atomic E-state index is -2.34. The molecule has 0 fully saturated rings. The lowest BCUT2D eigenvalue weighted by Gasteiger charge is -2.07. The Morgan fingerprint density at radius 2 is 1.83 bits per heavy atom. The largest absolute Gasteiger partial charge is 0.346 e. The maximum Gasteiger partial charge on any atom is 0.202 e. The number of halogens is 3. The molecule has 3 nitrogen and oxygen atoms in total. The van der Waals surface area contributed by atoms with Gasteiger partial charge in [-0.25, -0.2) is 4.98 Å². The predicted octanol–water partition coefficient (Wildman–Crippen LogP) is 1.96. The third kappa shape index (κ3) is 1.99. The van der Waals surface area contributed by atoms with Crippen LogP contribution >= 0.6 is 43.2 Å². The predicted molar refractivity (Wildman–Crippen MR) is 50.3 cm³/mol. The molecular weight excluding hydrogens is 243 g/mol. The first-order valence-corrected chi connectivity index (χ1v) is 5.09. The molecule has 0 aliphatic rings. The van der Waals surface area contributed by atoms with Crippen molar-refractivity contribution >= 4 is 48.5 Å². The Hall–Kier alpha value is 0.370. The van der Waals surface area contributed by atoms with Crippen LogP contribution < -0.4 is 5.30 Å². The molecule has 0 aliphatic heterocycles. The van der Waals surface area contributed by atoms with E-state index in [9.17, 15) is 0 Å². The first-order valence-electron chi connectivity index (χ1n) is 2.71. The molecule has 0 atom stereocenters. The Labute approximate surface area is 84.8 Å². The summed E-state index contributed by atoms with van der Waals surface area (Å²) in [6.45, 7) is 0. The van der Waals surface area contributed by atoms with Gasteiger partial charge < -0.3 is 9.79 Å². The maximum atomic E-state index is 8.87. The lowest BCUT2D eigenvalue weighted by molar-refractivity contribution is 0.497. The molecule has 0 radical (unpaired) electrons. The number of aromatic nitrogens is 1. The van der Waals surface area contributed by atoms with Gasteiger partial charge in [-0.15, -0.1) is 0 Å². The number of hydrogen-bond donors (Lipinski definition) is 2. The van der Waals surface area contributed by atoms with E-state index in [1.54, 1.807) is 0 Å². The molecule has 0 unspecified atom stereocenters. The van der Waals surface area contributed by atoms with Crippen LogP contribution in [0.3, 0.4) is 0 Å². The van der Waals surface area contributed by atoms with Gasteiger partial charge in [0.15, 0.2) is 0 Å². The van der Waals surface area contributed by atoms with Crippen molar-refractivity contribution in [3.8, 4) is 0 Å². The third-order valence-electron chi connectivity index (χ3n) is 1.11. The van der Waals surface area contributed by atoms with Crippen LogP contribution in [-0.4, -0.2) is 14.8 Å². The van der Waals surface area contributed by atoms with Crippen LogP contribution in [0, 0.1) is 0 Å². The van der Waals surface area contributed by atoms with E-state index in [0.29, 0.717) is 0 Å².